The van der Waals surface area contributed by atoms with E-state index >= 15 is 0 Å². The molecule has 1 aliphatic rings. The van der Waals surface area contributed by atoms with Gasteiger partial charge in [0, 0.05) is 43.1 Å². The molecule has 1 saturated heterocycles. The molecule has 0 amide bonds. The lowest BCUT2D eigenvalue weighted by Gasteiger charge is -2.38. The average molecular weight is 493 g/mol. The second-order valence-electron chi connectivity index (χ2n) is 9.74. The monoisotopic (exact) mass is 492 g/mol. The number of aromatic nitrogens is 3. The number of aliphatic hydroxyl groups is 1. The van der Waals surface area contributed by atoms with Crippen LogP contribution in [0.3, 0.4) is 0 Å². The summed E-state index contributed by atoms with van der Waals surface area (Å²) in [6.45, 7) is 2.74. The second kappa shape index (κ2) is 12.7. The molecule has 192 valence electrons. The molecule has 0 spiro atoms. The van der Waals surface area contributed by atoms with Crippen molar-refractivity contribution in [1.29, 1.82) is 0 Å². The number of fused-ring (bicyclic) bond motifs is 1. The lowest BCUT2D eigenvalue weighted by Crippen LogP contribution is -2.41. The van der Waals surface area contributed by atoms with Crippen LogP contribution in [0.4, 0.5) is 0 Å². The van der Waals surface area contributed by atoms with E-state index in [0.29, 0.717) is 6.42 Å². The van der Waals surface area contributed by atoms with Gasteiger partial charge in [0.2, 0.25) is 0 Å². The van der Waals surface area contributed by atoms with Gasteiger partial charge in [0.1, 0.15) is 5.75 Å². The predicted octanol–water partition coefficient (Wildman–Crippen LogP) is 4.28. The van der Waals surface area contributed by atoms with E-state index in [1.165, 1.54) is 0 Å². The number of pyridine rings is 1. The molecule has 2 aromatic heterocycles. The highest BCUT2D eigenvalue weighted by Gasteiger charge is 2.31. The SMILES string of the molecule is COc1ccc2nccc([C@@H](O)CC[C@@H]3CCN(CCCCc4cnccn4)C[C@@H]3CC(=O)O)c2c1. The number of hydrogen-bond acceptors (Lipinski definition) is 7. The first kappa shape index (κ1) is 26.0. The Hall–Kier alpha value is -3.10. The number of nitrogens with zero attached hydrogens (tertiary/aromatic N) is 4. The molecular weight excluding hydrogens is 456 g/mol. The van der Waals surface area contributed by atoms with Crippen molar-refractivity contribution in [3.8, 4) is 5.75 Å². The number of carboxylic acid groups (broad SMARTS) is 1. The zero-order valence-electron chi connectivity index (χ0n) is 20.9. The number of piperidine rings is 1. The van der Waals surface area contributed by atoms with Crippen LogP contribution >= 0.6 is 0 Å². The Morgan fingerprint density at radius 3 is 2.83 bits per heavy atom. The van der Waals surface area contributed by atoms with Crippen LogP contribution in [0.2, 0.25) is 0 Å². The van der Waals surface area contributed by atoms with Crippen LogP contribution in [-0.2, 0) is 11.2 Å². The molecule has 36 heavy (non-hydrogen) atoms. The van der Waals surface area contributed by atoms with Crippen molar-refractivity contribution < 1.29 is 19.7 Å². The maximum atomic E-state index is 11.6. The molecule has 4 rings (SSSR count). The fourth-order valence-electron chi connectivity index (χ4n) is 5.39. The average Bonchev–Trinajstić information content (AvgIpc) is 2.90. The molecule has 0 saturated carbocycles. The summed E-state index contributed by atoms with van der Waals surface area (Å²) in [7, 11) is 1.63. The third kappa shape index (κ3) is 6.98. The van der Waals surface area contributed by atoms with Gasteiger partial charge in [0.05, 0.1) is 24.4 Å². The molecule has 3 atom stereocenters. The molecule has 0 aliphatic carbocycles. The number of carboxylic acids is 1. The third-order valence-electron chi connectivity index (χ3n) is 7.34. The third-order valence-corrected chi connectivity index (χ3v) is 7.34. The van der Waals surface area contributed by atoms with Crippen LogP contribution < -0.4 is 4.74 Å². The van der Waals surface area contributed by atoms with Crippen molar-refractivity contribution in [2.45, 2.75) is 51.0 Å². The van der Waals surface area contributed by atoms with Crippen LogP contribution in [0.25, 0.3) is 10.9 Å². The fraction of sp³-hybridized carbons (Fsp3) is 0.500. The molecule has 1 aromatic carbocycles. The number of carbonyl (C=O) groups is 1. The molecule has 3 aromatic rings. The molecule has 2 N–H and O–H groups in total. The second-order valence-corrected chi connectivity index (χ2v) is 9.74. The molecule has 1 fully saturated rings. The summed E-state index contributed by atoms with van der Waals surface area (Å²) >= 11 is 0. The molecule has 8 heteroatoms. The largest absolute Gasteiger partial charge is 0.497 e. The molecule has 1 aliphatic heterocycles. The van der Waals surface area contributed by atoms with Gasteiger partial charge in [-0.25, -0.2) is 0 Å². The van der Waals surface area contributed by atoms with Crippen molar-refractivity contribution in [2.24, 2.45) is 11.8 Å². The number of benzene rings is 1. The number of aliphatic hydroxyl groups excluding tert-OH is 1. The maximum Gasteiger partial charge on any atom is 0.303 e. The molecule has 0 radical (unpaired) electrons. The highest BCUT2D eigenvalue weighted by molar-refractivity contribution is 5.83. The lowest BCUT2D eigenvalue weighted by atomic mass is 9.79. The summed E-state index contributed by atoms with van der Waals surface area (Å²) < 4.78 is 5.36. The van der Waals surface area contributed by atoms with Gasteiger partial charge in [-0.3, -0.25) is 19.7 Å². The number of likely N-dealkylation sites (tertiary alicyclic amines) is 1. The van der Waals surface area contributed by atoms with Gasteiger partial charge >= 0.3 is 5.97 Å². The summed E-state index contributed by atoms with van der Waals surface area (Å²) in [5.74, 6) is 0.365. The van der Waals surface area contributed by atoms with E-state index in [1.807, 2.05) is 30.5 Å². The number of hydrogen-bond donors (Lipinski definition) is 2. The number of aryl methyl sites for hydroxylation is 1. The van der Waals surface area contributed by atoms with Crippen molar-refractivity contribution in [2.75, 3.05) is 26.7 Å². The highest BCUT2D eigenvalue weighted by Crippen LogP contribution is 2.34. The Labute approximate surface area is 212 Å². The normalized spacial score (nSPS) is 19.3. The summed E-state index contributed by atoms with van der Waals surface area (Å²) in [4.78, 5) is 26.9. The summed E-state index contributed by atoms with van der Waals surface area (Å²) in [5, 5.41) is 21.5. The Balaban J connectivity index is 1.31. The zero-order chi connectivity index (χ0) is 25.3. The van der Waals surface area contributed by atoms with Crippen LogP contribution in [-0.4, -0.2) is 62.8 Å². The number of methoxy groups -OCH3 is 1. The van der Waals surface area contributed by atoms with E-state index in [9.17, 15) is 15.0 Å². The fourth-order valence-corrected chi connectivity index (χ4v) is 5.39. The number of ether oxygens (including phenoxy) is 1. The van der Waals surface area contributed by atoms with E-state index in [-0.39, 0.29) is 18.3 Å². The van der Waals surface area contributed by atoms with E-state index in [1.54, 1.807) is 25.7 Å². The minimum atomic E-state index is -0.748. The van der Waals surface area contributed by atoms with Crippen molar-refractivity contribution in [1.82, 2.24) is 19.9 Å². The van der Waals surface area contributed by atoms with E-state index in [4.69, 9.17) is 4.74 Å². The first-order valence-corrected chi connectivity index (χ1v) is 12.8. The standard InChI is InChI=1S/C28H36N4O4/c1-36-23-6-7-26-25(17-23)24(9-11-31-26)27(33)8-5-20-10-15-32(19-21(20)16-28(34)35)14-3-2-4-22-18-29-12-13-30-22/h6-7,9,11-13,17-18,20-21,27,33H,2-5,8,10,14-16,19H2,1H3,(H,34,35)/t20-,21+,27+/m1/s1. The van der Waals surface area contributed by atoms with Crippen LogP contribution in [0.15, 0.2) is 49.1 Å². The van der Waals surface area contributed by atoms with Gasteiger partial charge in [0.25, 0.3) is 0 Å². The first-order chi connectivity index (χ1) is 17.5. The predicted molar refractivity (Wildman–Crippen MR) is 138 cm³/mol. The van der Waals surface area contributed by atoms with Crippen molar-refractivity contribution >= 4 is 16.9 Å². The summed E-state index contributed by atoms with van der Waals surface area (Å²) in [6.07, 6.45) is 11.8. The van der Waals surface area contributed by atoms with Crippen molar-refractivity contribution in [3.63, 3.8) is 0 Å². The smallest absolute Gasteiger partial charge is 0.303 e. The summed E-state index contributed by atoms with van der Waals surface area (Å²) in [6, 6.07) is 7.55. The van der Waals surface area contributed by atoms with Crippen LogP contribution in [0.5, 0.6) is 5.75 Å². The lowest BCUT2D eigenvalue weighted by molar-refractivity contribution is -0.139. The molecule has 8 nitrogen and oxygen atoms in total. The van der Waals surface area contributed by atoms with E-state index in [2.05, 4.69) is 19.9 Å². The van der Waals surface area contributed by atoms with Gasteiger partial charge in [-0.1, -0.05) is 0 Å². The molecule has 0 bridgehead atoms. The van der Waals surface area contributed by atoms with Gasteiger partial charge in [-0.2, -0.15) is 0 Å². The minimum Gasteiger partial charge on any atom is -0.497 e. The summed E-state index contributed by atoms with van der Waals surface area (Å²) in [5.41, 5.74) is 2.68. The number of rotatable bonds is 12. The van der Waals surface area contributed by atoms with Gasteiger partial charge in [-0.05, 0) is 93.3 Å². The molecule has 3 heterocycles. The minimum absolute atomic E-state index is 0.0951. The number of unbranched alkanes of at least 4 members (excludes halogenated alkanes) is 1. The quantitative estimate of drug-likeness (QED) is 0.361. The Bertz CT molecular complexity index is 1130. The zero-order valence-corrected chi connectivity index (χ0v) is 20.9. The van der Waals surface area contributed by atoms with E-state index in [0.717, 1.165) is 79.6 Å². The Kier molecular flexibility index (Phi) is 9.19. The van der Waals surface area contributed by atoms with Crippen LogP contribution in [0, 0.1) is 11.8 Å². The van der Waals surface area contributed by atoms with Gasteiger partial charge in [-0.15, -0.1) is 0 Å². The van der Waals surface area contributed by atoms with Crippen molar-refractivity contribution in [3.05, 3.63) is 60.3 Å². The molecule has 0 unspecified atom stereocenters. The van der Waals surface area contributed by atoms with Crippen LogP contribution in [0.1, 0.15) is 55.9 Å². The maximum absolute atomic E-state index is 11.6. The highest BCUT2D eigenvalue weighted by atomic mass is 16.5. The Morgan fingerprint density at radius 1 is 1.17 bits per heavy atom. The van der Waals surface area contributed by atoms with Gasteiger partial charge in [0.15, 0.2) is 0 Å². The Morgan fingerprint density at radius 2 is 2.06 bits per heavy atom. The van der Waals surface area contributed by atoms with E-state index < -0.39 is 12.1 Å². The molecular formula is C28H36N4O4. The number of aliphatic carboxylic acids is 1. The topological polar surface area (TPSA) is 109 Å². The van der Waals surface area contributed by atoms with Gasteiger partial charge < -0.3 is 19.8 Å². The first-order valence-electron chi connectivity index (χ1n) is 12.8.